The average Bonchev–Trinajstić information content (AvgIpc) is 2.14. The molecule has 0 saturated carbocycles. The first-order valence-electron chi connectivity index (χ1n) is 3.61. The predicted molar refractivity (Wildman–Crippen MR) is 42.3 cm³/mol. The number of rotatable bonds is 2. The molecule has 0 aromatic rings. The van der Waals surface area contributed by atoms with E-state index in [-0.39, 0.29) is 0 Å². The summed E-state index contributed by atoms with van der Waals surface area (Å²) in [7, 11) is 0. The van der Waals surface area contributed by atoms with Crippen molar-refractivity contribution in [1.82, 2.24) is 0 Å². The summed E-state index contributed by atoms with van der Waals surface area (Å²) in [5.74, 6) is 0. The topological polar surface area (TPSA) is 55.8 Å². The fraction of sp³-hybridized carbons (Fsp3) is 0.833. The van der Waals surface area contributed by atoms with Crippen LogP contribution in [0.25, 0.3) is 0 Å². The van der Waals surface area contributed by atoms with Crippen LogP contribution in [0.15, 0.2) is 0 Å². The highest BCUT2D eigenvalue weighted by atomic mass is 35.5. The molecule has 0 aliphatic carbocycles. The first-order chi connectivity index (χ1) is 7.52. The zero-order valence-electron chi connectivity index (χ0n) is 7.94. The highest BCUT2D eigenvalue weighted by Crippen LogP contribution is 2.14. The van der Waals surface area contributed by atoms with Crippen LogP contribution >= 0.6 is 11.6 Å². The number of alkyl halides is 7. The molecule has 11 heteroatoms. The Morgan fingerprint density at radius 1 is 1.06 bits per heavy atom. The molecule has 17 heavy (non-hydrogen) atoms. The second-order valence-corrected chi connectivity index (χ2v) is 2.40. The summed E-state index contributed by atoms with van der Waals surface area (Å²) in [6.07, 6.45) is -10.4. The molecule has 0 aliphatic rings. The summed E-state index contributed by atoms with van der Waals surface area (Å²) in [5.41, 5.74) is 0. The van der Waals surface area contributed by atoms with Crippen molar-refractivity contribution in [2.75, 3.05) is 19.3 Å². The molecule has 0 fully saturated rings. The first kappa shape index (κ1) is 18.5. The Kier molecular flexibility index (Phi) is 8.94. The van der Waals surface area contributed by atoms with Crippen molar-refractivity contribution < 1.29 is 45.7 Å². The molecular weight excluding hydrogens is 286 g/mol. The largest absolute Gasteiger partial charge is 0.509 e. The van der Waals surface area contributed by atoms with Gasteiger partial charge >= 0.3 is 18.5 Å². The van der Waals surface area contributed by atoms with Crippen molar-refractivity contribution >= 4 is 17.8 Å². The van der Waals surface area contributed by atoms with E-state index in [0.29, 0.717) is 0 Å². The minimum atomic E-state index is -4.54. The third-order valence-electron chi connectivity index (χ3n) is 0.705. The number of aliphatic hydroxyl groups is 1. The maximum atomic E-state index is 11.3. The molecule has 0 atom stereocenters. The van der Waals surface area contributed by atoms with Gasteiger partial charge in [-0.25, -0.2) is 4.79 Å². The SMILES string of the molecule is O=C(OCCl)OCC(F)(F)F.OCC(F)(F)F. The molecule has 0 aliphatic heterocycles. The van der Waals surface area contributed by atoms with Crippen molar-refractivity contribution in [3.05, 3.63) is 0 Å². The standard InChI is InChI=1S/C4H4ClF3O3.C2H3F3O/c5-2-11-3(9)10-1-4(6,7)8;3-2(4,5)1-6/h1-2H2;6H,1H2. The van der Waals surface area contributed by atoms with E-state index in [1.54, 1.807) is 0 Å². The maximum Gasteiger partial charge on any atom is 0.509 e. The highest BCUT2D eigenvalue weighted by molar-refractivity contribution is 6.17. The van der Waals surface area contributed by atoms with Crippen LogP contribution < -0.4 is 0 Å². The lowest BCUT2D eigenvalue weighted by Gasteiger charge is -2.06. The summed E-state index contributed by atoms with van der Waals surface area (Å²) in [6, 6.07) is -0.531. The second kappa shape index (κ2) is 8.23. The van der Waals surface area contributed by atoms with Crippen LogP contribution in [0.2, 0.25) is 0 Å². The van der Waals surface area contributed by atoms with E-state index < -0.39 is 37.8 Å². The van der Waals surface area contributed by atoms with Crippen molar-refractivity contribution in [2.45, 2.75) is 12.4 Å². The highest BCUT2D eigenvalue weighted by Gasteiger charge is 2.29. The molecule has 4 nitrogen and oxygen atoms in total. The molecule has 0 rings (SSSR count). The van der Waals surface area contributed by atoms with Gasteiger partial charge in [0.1, 0.15) is 6.61 Å². The van der Waals surface area contributed by atoms with E-state index in [1.165, 1.54) is 0 Å². The number of hydrogen-bond acceptors (Lipinski definition) is 4. The molecule has 0 saturated heterocycles. The fourth-order valence-electron chi connectivity index (χ4n) is 0.227. The second-order valence-electron chi connectivity index (χ2n) is 2.18. The molecule has 0 radical (unpaired) electrons. The van der Waals surface area contributed by atoms with Gasteiger partial charge in [-0.3, -0.25) is 0 Å². The van der Waals surface area contributed by atoms with Gasteiger partial charge in [0, 0.05) is 0 Å². The fourth-order valence-corrected chi connectivity index (χ4v) is 0.316. The van der Waals surface area contributed by atoms with Crippen molar-refractivity contribution in [2.24, 2.45) is 0 Å². The Balaban J connectivity index is 0. The van der Waals surface area contributed by atoms with E-state index in [1.807, 2.05) is 0 Å². The number of halogens is 7. The number of carbonyl (C=O) groups is 1. The van der Waals surface area contributed by atoms with Crippen LogP contribution in [-0.4, -0.2) is 42.9 Å². The maximum absolute atomic E-state index is 11.3. The molecule has 104 valence electrons. The Morgan fingerprint density at radius 3 is 1.71 bits per heavy atom. The number of carbonyl (C=O) groups excluding carboxylic acids is 1. The molecule has 0 amide bonds. The summed E-state index contributed by atoms with van der Waals surface area (Å²) in [5, 5.41) is 7.28. The normalized spacial score (nSPS) is 11.3. The lowest BCUT2D eigenvalue weighted by molar-refractivity contribution is -0.165. The molecule has 1 N–H and O–H groups in total. The van der Waals surface area contributed by atoms with Crippen LogP contribution in [0.1, 0.15) is 0 Å². The van der Waals surface area contributed by atoms with E-state index >= 15 is 0 Å². The lowest BCUT2D eigenvalue weighted by Crippen LogP contribution is -2.20. The average molecular weight is 293 g/mol. The number of aliphatic hydroxyl groups excluding tert-OH is 1. The molecule has 0 aromatic heterocycles. The summed E-state index contributed by atoms with van der Waals surface area (Å²) in [4.78, 5) is 10.1. The summed E-state index contributed by atoms with van der Waals surface area (Å²) < 4.78 is 72.9. The van der Waals surface area contributed by atoms with Crippen molar-refractivity contribution in [3.63, 3.8) is 0 Å². The quantitative estimate of drug-likeness (QED) is 0.482. The van der Waals surface area contributed by atoms with Crippen molar-refractivity contribution in [1.29, 1.82) is 0 Å². The number of ether oxygens (including phenoxy) is 2. The van der Waals surface area contributed by atoms with Crippen LogP contribution in [0, 0.1) is 0 Å². The minimum Gasteiger partial charge on any atom is -0.425 e. The monoisotopic (exact) mass is 292 g/mol. The van der Waals surface area contributed by atoms with Gasteiger partial charge in [-0.15, -0.1) is 0 Å². The van der Waals surface area contributed by atoms with Crippen molar-refractivity contribution in [3.8, 4) is 0 Å². The van der Waals surface area contributed by atoms with Gasteiger partial charge in [0.05, 0.1) is 0 Å². The Labute approximate surface area is 96.0 Å². The Morgan fingerprint density at radius 2 is 1.47 bits per heavy atom. The zero-order chi connectivity index (χ0) is 14.1. The number of hydrogen-bond donors (Lipinski definition) is 1. The Hall–Kier alpha value is -0.900. The van der Waals surface area contributed by atoms with Crippen LogP contribution in [0.5, 0.6) is 0 Å². The van der Waals surface area contributed by atoms with Crippen LogP contribution in [-0.2, 0) is 9.47 Å². The van der Waals surface area contributed by atoms with Gasteiger partial charge in [-0.05, 0) is 0 Å². The van der Waals surface area contributed by atoms with Gasteiger partial charge in [-0.2, -0.15) is 26.3 Å². The lowest BCUT2D eigenvalue weighted by atomic mass is 10.7. The van der Waals surface area contributed by atoms with E-state index in [9.17, 15) is 31.1 Å². The van der Waals surface area contributed by atoms with E-state index in [2.05, 4.69) is 9.47 Å². The predicted octanol–water partition coefficient (Wildman–Crippen LogP) is 2.44. The van der Waals surface area contributed by atoms with Crippen LogP contribution in [0.3, 0.4) is 0 Å². The van der Waals surface area contributed by atoms with E-state index in [4.69, 9.17) is 16.7 Å². The molecule has 0 aromatic carbocycles. The van der Waals surface area contributed by atoms with Gasteiger partial charge < -0.3 is 14.6 Å². The van der Waals surface area contributed by atoms with Gasteiger partial charge in [0.2, 0.25) is 0 Å². The van der Waals surface area contributed by atoms with Gasteiger partial charge in [0.15, 0.2) is 12.7 Å². The summed E-state index contributed by atoms with van der Waals surface area (Å²) >= 11 is 4.84. The first-order valence-corrected chi connectivity index (χ1v) is 4.15. The summed E-state index contributed by atoms with van der Waals surface area (Å²) in [6.45, 7) is -3.39. The molecule has 0 heterocycles. The third-order valence-corrected chi connectivity index (χ3v) is 0.814. The molecule has 0 unspecified atom stereocenters. The van der Waals surface area contributed by atoms with Crippen LogP contribution in [0.4, 0.5) is 31.1 Å². The van der Waals surface area contributed by atoms with Gasteiger partial charge in [-0.1, -0.05) is 11.6 Å². The zero-order valence-corrected chi connectivity index (χ0v) is 8.69. The molecular formula is C6H7ClF6O4. The smallest absolute Gasteiger partial charge is 0.425 e. The van der Waals surface area contributed by atoms with Gasteiger partial charge in [0.25, 0.3) is 0 Å². The third kappa shape index (κ3) is 21.0. The van der Waals surface area contributed by atoms with E-state index in [0.717, 1.165) is 0 Å². The Bertz CT molecular complexity index is 216. The molecule has 0 bridgehead atoms. The minimum absolute atomic E-state index is 0.531. The molecule has 0 spiro atoms.